The highest BCUT2D eigenvalue weighted by Gasteiger charge is 2.32. The summed E-state index contributed by atoms with van der Waals surface area (Å²) in [6.07, 6.45) is 2.35. The molecule has 2 heterocycles. The summed E-state index contributed by atoms with van der Waals surface area (Å²) in [5.41, 5.74) is -1.72. The number of carboxylic acids is 1. The molecule has 0 radical (unpaired) electrons. The molecule has 28 heavy (non-hydrogen) atoms. The first-order valence-electron chi connectivity index (χ1n) is 7.44. The van der Waals surface area contributed by atoms with Crippen LogP contribution in [0.1, 0.15) is 31.5 Å². The van der Waals surface area contributed by atoms with Crippen molar-refractivity contribution in [3.63, 3.8) is 0 Å². The molecular formula is C17H9NO10. The van der Waals surface area contributed by atoms with Crippen molar-refractivity contribution in [2.75, 3.05) is 0 Å². The lowest BCUT2D eigenvalue weighted by molar-refractivity contribution is -0.385. The number of ether oxygens (including phenoxy) is 2. The zero-order chi connectivity index (χ0) is 20.3. The minimum absolute atomic E-state index is 0.233. The summed E-state index contributed by atoms with van der Waals surface area (Å²) in [6, 6.07) is 6.99. The Morgan fingerprint density at radius 2 is 1.50 bits per heavy atom. The lowest BCUT2D eigenvalue weighted by Crippen LogP contribution is -2.15. The van der Waals surface area contributed by atoms with Gasteiger partial charge in [0.2, 0.25) is 17.3 Å². The zero-order valence-electron chi connectivity index (χ0n) is 13.7. The van der Waals surface area contributed by atoms with Gasteiger partial charge in [0.05, 0.1) is 17.4 Å². The van der Waals surface area contributed by atoms with E-state index in [1.54, 1.807) is 0 Å². The van der Waals surface area contributed by atoms with Gasteiger partial charge in [0.25, 0.3) is 0 Å². The molecule has 0 unspecified atom stereocenters. The highest BCUT2D eigenvalue weighted by Crippen LogP contribution is 2.38. The standard InChI is InChI=1S/C17H9NO10/c19-15(20)13-10(27-16(21)11-3-1-7-25-11)6-5-9(18(23)24)14(13)28-17(22)12-4-2-8-26-12/h1-8H,(H,19,20). The summed E-state index contributed by atoms with van der Waals surface area (Å²) in [5.74, 6) is -6.00. The average Bonchev–Trinajstić information content (AvgIpc) is 3.35. The van der Waals surface area contributed by atoms with Crippen molar-refractivity contribution >= 4 is 23.6 Å². The van der Waals surface area contributed by atoms with E-state index < -0.39 is 45.6 Å². The van der Waals surface area contributed by atoms with Crippen LogP contribution in [0.4, 0.5) is 5.69 Å². The van der Waals surface area contributed by atoms with Crippen molar-refractivity contribution in [1.29, 1.82) is 0 Å². The van der Waals surface area contributed by atoms with Gasteiger partial charge in [0, 0.05) is 6.07 Å². The van der Waals surface area contributed by atoms with E-state index in [0.717, 1.165) is 18.4 Å². The predicted molar refractivity (Wildman–Crippen MR) is 87.4 cm³/mol. The molecule has 0 spiro atoms. The number of carboxylic acid groups (broad SMARTS) is 1. The van der Waals surface area contributed by atoms with Gasteiger partial charge < -0.3 is 23.4 Å². The maximum atomic E-state index is 12.1. The average molecular weight is 387 g/mol. The van der Waals surface area contributed by atoms with Crippen molar-refractivity contribution in [1.82, 2.24) is 0 Å². The van der Waals surface area contributed by atoms with Crippen LogP contribution < -0.4 is 9.47 Å². The van der Waals surface area contributed by atoms with Crippen LogP contribution in [0.5, 0.6) is 11.5 Å². The van der Waals surface area contributed by atoms with E-state index in [1.807, 2.05) is 0 Å². The van der Waals surface area contributed by atoms with Crippen LogP contribution in [-0.2, 0) is 0 Å². The molecule has 3 rings (SSSR count). The van der Waals surface area contributed by atoms with E-state index in [2.05, 4.69) is 0 Å². The molecule has 0 saturated carbocycles. The van der Waals surface area contributed by atoms with Gasteiger partial charge in [-0.05, 0) is 30.3 Å². The molecule has 11 heteroatoms. The van der Waals surface area contributed by atoms with Gasteiger partial charge >= 0.3 is 23.6 Å². The van der Waals surface area contributed by atoms with Crippen LogP contribution >= 0.6 is 0 Å². The summed E-state index contributed by atoms with van der Waals surface area (Å²) in [6.45, 7) is 0. The molecular weight excluding hydrogens is 378 g/mol. The summed E-state index contributed by atoms with van der Waals surface area (Å²) in [5, 5.41) is 20.7. The van der Waals surface area contributed by atoms with Crippen LogP contribution in [0, 0.1) is 10.1 Å². The SMILES string of the molecule is O=C(Oc1ccc([N+](=O)[O-])c(OC(=O)c2ccco2)c1C(=O)O)c1ccco1. The lowest BCUT2D eigenvalue weighted by atomic mass is 10.1. The Balaban J connectivity index is 2.06. The van der Waals surface area contributed by atoms with Crippen molar-refractivity contribution in [2.45, 2.75) is 0 Å². The second-order valence-corrected chi connectivity index (χ2v) is 5.08. The number of furan rings is 2. The third kappa shape index (κ3) is 3.58. The molecule has 3 aromatic rings. The van der Waals surface area contributed by atoms with Crippen LogP contribution in [0.3, 0.4) is 0 Å². The number of rotatable bonds is 6. The van der Waals surface area contributed by atoms with Crippen LogP contribution in [-0.4, -0.2) is 27.9 Å². The van der Waals surface area contributed by atoms with Crippen molar-refractivity contribution < 1.29 is 42.7 Å². The fourth-order valence-corrected chi connectivity index (χ4v) is 2.17. The van der Waals surface area contributed by atoms with E-state index in [4.69, 9.17) is 18.3 Å². The van der Waals surface area contributed by atoms with E-state index in [1.165, 1.54) is 30.5 Å². The molecule has 1 aromatic carbocycles. The Hall–Kier alpha value is -4.41. The van der Waals surface area contributed by atoms with Crippen LogP contribution in [0.2, 0.25) is 0 Å². The molecule has 0 bridgehead atoms. The molecule has 0 amide bonds. The van der Waals surface area contributed by atoms with Crippen molar-refractivity contribution in [3.05, 3.63) is 76.1 Å². The van der Waals surface area contributed by atoms with Crippen LogP contribution in [0.15, 0.2) is 57.8 Å². The maximum Gasteiger partial charge on any atom is 0.379 e. The molecule has 2 aromatic heterocycles. The zero-order valence-corrected chi connectivity index (χ0v) is 13.7. The van der Waals surface area contributed by atoms with E-state index in [0.29, 0.717) is 0 Å². The molecule has 0 aliphatic heterocycles. The molecule has 1 N–H and O–H groups in total. The third-order valence-corrected chi connectivity index (χ3v) is 3.35. The monoisotopic (exact) mass is 387 g/mol. The summed E-state index contributed by atoms with van der Waals surface area (Å²) < 4.78 is 19.5. The minimum Gasteiger partial charge on any atom is -0.477 e. The minimum atomic E-state index is -1.73. The third-order valence-electron chi connectivity index (χ3n) is 3.35. The topological polar surface area (TPSA) is 159 Å². The number of benzene rings is 1. The number of nitro benzene ring substituents is 1. The van der Waals surface area contributed by atoms with Gasteiger partial charge in [-0.15, -0.1) is 0 Å². The molecule has 0 aliphatic rings. The van der Waals surface area contributed by atoms with Gasteiger partial charge in [0.1, 0.15) is 5.75 Å². The Morgan fingerprint density at radius 1 is 0.929 bits per heavy atom. The van der Waals surface area contributed by atoms with Crippen molar-refractivity contribution in [2.24, 2.45) is 0 Å². The molecule has 11 nitrogen and oxygen atoms in total. The predicted octanol–water partition coefficient (Wildman–Crippen LogP) is 2.92. The van der Waals surface area contributed by atoms with E-state index in [-0.39, 0.29) is 11.5 Å². The highest BCUT2D eigenvalue weighted by molar-refractivity contribution is 6.00. The first-order valence-corrected chi connectivity index (χ1v) is 7.44. The van der Waals surface area contributed by atoms with Gasteiger partial charge in [-0.1, -0.05) is 0 Å². The summed E-state index contributed by atoms with van der Waals surface area (Å²) >= 11 is 0. The number of carbonyl (C=O) groups excluding carboxylic acids is 2. The number of hydrogen-bond acceptors (Lipinski definition) is 9. The van der Waals surface area contributed by atoms with Gasteiger partial charge in [-0.25, -0.2) is 14.4 Å². The largest absolute Gasteiger partial charge is 0.477 e. The highest BCUT2D eigenvalue weighted by atomic mass is 16.6. The van der Waals surface area contributed by atoms with Gasteiger partial charge in [0.15, 0.2) is 5.56 Å². The number of aromatic carboxylic acids is 1. The number of nitrogens with zero attached hydrogens (tertiary/aromatic N) is 1. The second-order valence-electron chi connectivity index (χ2n) is 5.08. The van der Waals surface area contributed by atoms with E-state index in [9.17, 15) is 29.6 Å². The van der Waals surface area contributed by atoms with Crippen molar-refractivity contribution in [3.8, 4) is 11.5 Å². The number of esters is 2. The van der Waals surface area contributed by atoms with E-state index >= 15 is 0 Å². The Bertz CT molecular complexity index is 1050. The Labute approximate surface area is 154 Å². The quantitative estimate of drug-likeness (QED) is 0.288. The lowest BCUT2D eigenvalue weighted by Gasteiger charge is -2.11. The maximum absolute atomic E-state index is 12.1. The van der Waals surface area contributed by atoms with Crippen LogP contribution in [0.25, 0.3) is 0 Å². The Kier molecular flexibility index (Phi) is 4.89. The molecule has 0 atom stereocenters. The fraction of sp³-hybridized carbons (Fsp3) is 0. The normalized spacial score (nSPS) is 10.3. The molecule has 0 fully saturated rings. The Morgan fingerprint density at radius 3 is 1.96 bits per heavy atom. The number of hydrogen-bond donors (Lipinski definition) is 1. The summed E-state index contributed by atoms with van der Waals surface area (Å²) in [4.78, 5) is 46.1. The van der Waals surface area contributed by atoms with Gasteiger partial charge in [-0.3, -0.25) is 10.1 Å². The number of nitro groups is 1. The number of carbonyl (C=O) groups is 3. The first kappa shape index (κ1) is 18.4. The fourth-order valence-electron chi connectivity index (χ4n) is 2.17. The summed E-state index contributed by atoms with van der Waals surface area (Å²) in [7, 11) is 0. The molecule has 0 aliphatic carbocycles. The smallest absolute Gasteiger partial charge is 0.379 e. The second kappa shape index (κ2) is 7.45. The van der Waals surface area contributed by atoms with Gasteiger partial charge in [-0.2, -0.15) is 0 Å². The first-order chi connectivity index (χ1) is 13.4. The molecule has 142 valence electrons. The molecule has 0 saturated heterocycles.